The molecule has 0 aliphatic rings. The molecule has 0 fully saturated rings. The van der Waals surface area contributed by atoms with Gasteiger partial charge in [-0.15, -0.1) is 11.3 Å². The second-order valence-electron chi connectivity index (χ2n) is 3.96. The fourth-order valence-electron chi connectivity index (χ4n) is 1.90. The van der Waals surface area contributed by atoms with E-state index in [2.05, 4.69) is 4.98 Å². The molecule has 2 N–H and O–H groups in total. The largest absolute Gasteiger partial charge is 0.383 e. The van der Waals surface area contributed by atoms with Crippen molar-refractivity contribution in [1.29, 1.82) is 0 Å². The molecule has 92 valence electrons. The zero-order valence-electron chi connectivity index (χ0n) is 9.45. The summed E-state index contributed by atoms with van der Waals surface area (Å²) in [6.07, 6.45) is 0. The lowest BCUT2D eigenvalue weighted by Gasteiger charge is -2.03. The maximum Gasteiger partial charge on any atom is 0.196 e. The van der Waals surface area contributed by atoms with Gasteiger partial charge in [0.15, 0.2) is 4.96 Å². The fraction of sp³-hybridized carbons (Fsp3) is 0.0833. The van der Waals surface area contributed by atoms with Gasteiger partial charge in [0.1, 0.15) is 11.5 Å². The molecule has 0 bridgehead atoms. The maximum atomic E-state index is 6.18. The van der Waals surface area contributed by atoms with Crippen LogP contribution in [0, 0.1) is 6.92 Å². The van der Waals surface area contributed by atoms with E-state index in [1.807, 2.05) is 22.8 Å². The summed E-state index contributed by atoms with van der Waals surface area (Å²) >= 11 is 13.6. The standard InChI is InChI=1S/C12H9Cl2N3S/c1-6-5-18-12-16-10(11(15)17(6)12)8-3-2-7(13)4-9(8)14/h2-5H,15H2,1H3. The first-order valence-corrected chi connectivity index (χ1v) is 6.89. The van der Waals surface area contributed by atoms with Crippen molar-refractivity contribution in [3.8, 4) is 11.3 Å². The van der Waals surface area contributed by atoms with Crippen molar-refractivity contribution in [2.75, 3.05) is 5.73 Å². The summed E-state index contributed by atoms with van der Waals surface area (Å²) in [5.74, 6) is 0.605. The highest BCUT2D eigenvalue weighted by atomic mass is 35.5. The molecule has 0 amide bonds. The van der Waals surface area contributed by atoms with E-state index in [1.54, 1.807) is 23.5 Å². The van der Waals surface area contributed by atoms with E-state index in [0.717, 1.165) is 16.2 Å². The van der Waals surface area contributed by atoms with Crippen LogP contribution < -0.4 is 5.73 Å². The number of hydrogen-bond donors (Lipinski definition) is 1. The van der Waals surface area contributed by atoms with Crippen LogP contribution in [0.25, 0.3) is 16.2 Å². The smallest absolute Gasteiger partial charge is 0.196 e. The number of anilines is 1. The van der Waals surface area contributed by atoms with Gasteiger partial charge in [0, 0.05) is 21.7 Å². The number of halogens is 2. The number of hydrogen-bond acceptors (Lipinski definition) is 3. The highest BCUT2D eigenvalue weighted by molar-refractivity contribution is 7.15. The summed E-state index contributed by atoms with van der Waals surface area (Å²) in [5.41, 5.74) is 8.71. The predicted molar refractivity (Wildman–Crippen MR) is 77.7 cm³/mol. The lowest BCUT2D eigenvalue weighted by atomic mass is 10.1. The molecular weight excluding hydrogens is 289 g/mol. The van der Waals surface area contributed by atoms with Crippen molar-refractivity contribution < 1.29 is 0 Å². The topological polar surface area (TPSA) is 43.3 Å². The second kappa shape index (κ2) is 4.16. The van der Waals surface area contributed by atoms with E-state index in [0.29, 0.717) is 21.6 Å². The first-order valence-electron chi connectivity index (χ1n) is 5.25. The SMILES string of the molecule is Cc1csc2nc(-c3ccc(Cl)cc3Cl)c(N)n12. The molecule has 3 nitrogen and oxygen atoms in total. The summed E-state index contributed by atoms with van der Waals surface area (Å²) in [6, 6.07) is 5.31. The number of rotatable bonds is 1. The van der Waals surface area contributed by atoms with Crippen molar-refractivity contribution in [1.82, 2.24) is 9.38 Å². The summed E-state index contributed by atoms with van der Waals surface area (Å²) in [6.45, 7) is 1.99. The van der Waals surface area contributed by atoms with Gasteiger partial charge in [-0.25, -0.2) is 4.98 Å². The molecule has 18 heavy (non-hydrogen) atoms. The van der Waals surface area contributed by atoms with E-state index in [1.165, 1.54) is 0 Å². The normalized spacial score (nSPS) is 11.3. The molecule has 0 saturated heterocycles. The third-order valence-electron chi connectivity index (χ3n) is 2.76. The van der Waals surface area contributed by atoms with E-state index in [-0.39, 0.29) is 0 Å². The van der Waals surface area contributed by atoms with Gasteiger partial charge in [-0.3, -0.25) is 4.40 Å². The number of nitrogen functional groups attached to an aromatic ring is 1. The number of fused-ring (bicyclic) bond motifs is 1. The second-order valence-corrected chi connectivity index (χ2v) is 5.65. The predicted octanol–water partition coefficient (Wildman–Crippen LogP) is 4.26. The maximum absolute atomic E-state index is 6.18. The van der Waals surface area contributed by atoms with Crippen molar-refractivity contribution in [2.24, 2.45) is 0 Å². The summed E-state index contributed by atoms with van der Waals surface area (Å²) in [4.78, 5) is 5.39. The van der Waals surface area contributed by atoms with Gasteiger partial charge in [0.05, 0.1) is 5.02 Å². The Kier molecular flexibility index (Phi) is 2.73. The first-order chi connectivity index (χ1) is 8.58. The Labute approximate surface area is 118 Å². The molecule has 0 aliphatic carbocycles. The van der Waals surface area contributed by atoms with Crippen molar-refractivity contribution in [2.45, 2.75) is 6.92 Å². The van der Waals surface area contributed by atoms with Crippen LogP contribution in [0.4, 0.5) is 5.82 Å². The summed E-state index contributed by atoms with van der Waals surface area (Å²) < 4.78 is 1.92. The molecule has 0 atom stereocenters. The Morgan fingerprint density at radius 3 is 2.78 bits per heavy atom. The first kappa shape index (κ1) is 11.8. The van der Waals surface area contributed by atoms with Crippen LogP contribution in [0.3, 0.4) is 0 Å². The highest BCUT2D eigenvalue weighted by Crippen LogP contribution is 2.35. The van der Waals surface area contributed by atoms with E-state index >= 15 is 0 Å². The van der Waals surface area contributed by atoms with Crippen LogP contribution in [0.15, 0.2) is 23.6 Å². The summed E-state index contributed by atoms with van der Waals surface area (Å²) in [7, 11) is 0. The molecule has 0 saturated carbocycles. The van der Waals surface area contributed by atoms with E-state index < -0.39 is 0 Å². The number of nitrogens with zero attached hydrogens (tertiary/aromatic N) is 2. The van der Waals surface area contributed by atoms with Crippen LogP contribution in [0.2, 0.25) is 10.0 Å². The monoisotopic (exact) mass is 297 g/mol. The van der Waals surface area contributed by atoms with Crippen LogP contribution in [0.5, 0.6) is 0 Å². The highest BCUT2D eigenvalue weighted by Gasteiger charge is 2.16. The molecule has 1 aromatic carbocycles. The number of imidazole rings is 1. The Hall–Kier alpha value is -1.23. The van der Waals surface area contributed by atoms with Gasteiger partial charge in [-0.05, 0) is 25.1 Å². The minimum absolute atomic E-state index is 0.553. The average Bonchev–Trinajstić information content (AvgIpc) is 2.82. The van der Waals surface area contributed by atoms with Crippen LogP contribution in [-0.2, 0) is 0 Å². The minimum atomic E-state index is 0.553. The van der Waals surface area contributed by atoms with Crippen LogP contribution in [-0.4, -0.2) is 9.38 Å². The van der Waals surface area contributed by atoms with Gasteiger partial charge in [-0.2, -0.15) is 0 Å². The lowest BCUT2D eigenvalue weighted by Crippen LogP contribution is -1.95. The summed E-state index contributed by atoms with van der Waals surface area (Å²) in [5, 5.41) is 3.17. The van der Waals surface area contributed by atoms with Crippen LogP contribution >= 0.6 is 34.5 Å². The third-order valence-corrected chi connectivity index (χ3v) is 4.25. The Bertz CT molecular complexity index is 745. The molecule has 3 aromatic rings. The van der Waals surface area contributed by atoms with Crippen molar-refractivity contribution >= 4 is 45.3 Å². The number of nitrogens with two attached hydrogens (primary N) is 1. The van der Waals surface area contributed by atoms with Crippen molar-refractivity contribution in [3.63, 3.8) is 0 Å². The van der Waals surface area contributed by atoms with Gasteiger partial charge in [0.25, 0.3) is 0 Å². The average molecular weight is 298 g/mol. The minimum Gasteiger partial charge on any atom is -0.383 e. The van der Waals surface area contributed by atoms with Gasteiger partial charge in [-0.1, -0.05) is 23.2 Å². The quantitative estimate of drug-likeness (QED) is 0.729. The fourth-order valence-corrected chi connectivity index (χ4v) is 3.27. The Morgan fingerprint density at radius 1 is 1.33 bits per heavy atom. The van der Waals surface area contributed by atoms with E-state index in [9.17, 15) is 0 Å². The lowest BCUT2D eigenvalue weighted by molar-refractivity contribution is 1.14. The third kappa shape index (κ3) is 1.68. The number of aromatic nitrogens is 2. The number of benzene rings is 1. The Morgan fingerprint density at radius 2 is 2.11 bits per heavy atom. The van der Waals surface area contributed by atoms with Gasteiger partial charge in [0.2, 0.25) is 0 Å². The molecule has 3 rings (SSSR count). The van der Waals surface area contributed by atoms with Crippen LogP contribution in [0.1, 0.15) is 5.69 Å². The van der Waals surface area contributed by atoms with E-state index in [4.69, 9.17) is 28.9 Å². The molecule has 0 spiro atoms. The number of aryl methyl sites for hydroxylation is 1. The van der Waals surface area contributed by atoms with Gasteiger partial charge >= 0.3 is 0 Å². The molecule has 0 radical (unpaired) electrons. The molecule has 0 aliphatic heterocycles. The molecule has 6 heteroatoms. The molecule has 2 heterocycles. The molecular formula is C12H9Cl2N3S. The number of thiazole rings is 1. The zero-order valence-corrected chi connectivity index (χ0v) is 11.8. The van der Waals surface area contributed by atoms with Gasteiger partial charge < -0.3 is 5.73 Å². The van der Waals surface area contributed by atoms with Crippen molar-refractivity contribution in [3.05, 3.63) is 39.3 Å². The molecule has 0 unspecified atom stereocenters. The Balaban J connectivity index is 2.28. The molecule has 2 aromatic heterocycles. The zero-order chi connectivity index (χ0) is 12.9.